The molecule has 0 radical (unpaired) electrons. The number of halogens is 1. The van der Waals surface area contributed by atoms with Crippen molar-refractivity contribution in [2.75, 3.05) is 13.7 Å². The van der Waals surface area contributed by atoms with Crippen LogP contribution in [0.1, 0.15) is 19.4 Å². The molecule has 0 N–H and O–H groups in total. The second-order valence-corrected chi connectivity index (χ2v) is 4.71. The van der Waals surface area contributed by atoms with Crippen LogP contribution < -0.4 is 9.47 Å². The van der Waals surface area contributed by atoms with Crippen LogP contribution in [0.25, 0.3) is 6.08 Å². The molecule has 1 rings (SSSR count). The van der Waals surface area contributed by atoms with Gasteiger partial charge in [0.2, 0.25) is 0 Å². The van der Waals surface area contributed by atoms with Crippen molar-refractivity contribution in [1.29, 1.82) is 5.26 Å². The zero-order valence-corrected chi connectivity index (χ0v) is 12.8. The summed E-state index contributed by atoms with van der Waals surface area (Å²) >= 11 is 6.16. The van der Waals surface area contributed by atoms with E-state index in [0.29, 0.717) is 22.1 Å². The highest BCUT2D eigenvalue weighted by Gasteiger charge is 2.12. The summed E-state index contributed by atoms with van der Waals surface area (Å²) in [6.45, 7) is 3.48. The number of esters is 1. The van der Waals surface area contributed by atoms with Crippen molar-refractivity contribution >= 4 is 23.6 Å². The van der Waals surface area contributed by atoms with Crippen molar-refractivity contribution in [3.8, 4) is 17.6 Å². The molecular formula is C15H16ClNO4. The maximum Gasteiger partial charge on any atom is 0.331 e. The molecule has 0 atom stereocenters. The normalized spacial score (nSPS) is 10.5. The van der Waals surface area contributed by atoms with Gasteiger partial charge in [0.1, 0.15) is 6.07 Å². The lowest BCUT2D eigenvalue weighted by Crippen LogP contribution is -2.07. The molecular weight excluding hydrogens is 294 g/mol. The number of nitriles is 1. The first-order valence-corrected chi connectivity index (χ1v) is 6.61. The molecule has 0 unspecified atom stereocenters. The third kappa shape index (κ3) is 5.36. The summed E-state index contributed by atoms with van der Waals surface area (Å²) in [5, 5.41) is 8.69. The average Bonchev–Trinajstić information content (AvgIpc) is 2.44. The van der Waals surface area contributed by atoms with E-state index in [2.05, 4.69) is 4.74 Å². The van der Waals surface area contributed by atoms with Gasteiger partial charge in [0.25, 0.3) is 0 Å². The Hall–Kier alpha value is -2.19. The Morgan fingerprint density at radius 1 is 1.48 bits per heavy atom. The summed E-state index contributed by atoms with van der Waals surface area (Å²) in [6.07, 6.45) is 2.69. The third-order valence-electron chi connectivity index (χ3n) is 2.30. The number of carbonyl (C=O) groups excluding carboxylic acids is 1. The fourth-order valence-corrected chi connectivity index (χ4v) is 1.77. The Kier molecular flexibility index (Phi) is 6.57. The van der Waals surface area contributed by atoms with E-state index < -0.39 is 5.97 Å². The van der Waals surface area contributed by atoms with Crippen LogP contribution in [0.15, 0.2) is 18.2 Å². The van der Waals surface area contributed by atoms with Gasteiger partial charge >= 0.3 is 5.97 Å². The van der Waals surface area contributed by atoms with Gasteiger partial charge in [-0.05, 0) is 37.6 Å². The molecule has 0 saturated heterocycles. The quantitative estimate of drug-likeness (QED) is 0.596. The van der Waals surface area contributed by atoms with Gasteiger partial charge in [-0.1, -0.05) is 11.6 Å². The van der Waals surface area contributed by atoms with Crippen LogP contribution in [0.5, 0.6) is 11.5 Å². The number of ether oxygens (including phenoxy) is 3. The Labute approximate surface area is 128 Å². The van der Waals surface area contributed by atoms with E-state index in [-0.39, 0.29) is 12.7 Å². The van der Waals surface area contributed by atoms with E-state index in [0.717, 1.165) is 0 Å². The highest BCUT2D eigenvalue weighted by Crippen LogP contribution is 2.37. The summed E-state index contributed by atoms with van der Waals surface area (Å²) in [5.74, 6) is 0.328. The van der Waals surface area contributed by atoms with E-state index in [1.165, 1.54) is 19.3 Å². The molecule has 0 aliphatic carbocycles. The second-order valence-electron chi connectivity index (χ2n) is 4.30. The van der Waals surface area contributed by atoms with Crippen molar-refractivity contribution < 1.29 is 19.0 Å². The van der Waals surface area contributed by atoms with Crippen molar-refractivity contribution in [3.05, 3.63) is 28.8 Å². The molecule has 1 aromatic carbocycles. The molecule has 6 heteroatoms. The predicted molar refractivity (Wildman–Crippen MR) is 79.4 cm³/mol. The van der Waals surface area contributed by atoms with E-state index in [1.54, 1.807) is 18.2 Å². The molecule has 0 fully saturated rings. The van der Waals surface area contributed by atoms with Crippen molar-refractivity contribution in [2.45, 2.75) is 20.0 Å². The third-order valence-corrected chi connectivity index (χ3v) is 2.58. The Morgan fingerprint density at radius 2 is 2.19 bits per heavy atom. The maximum atomic E-state index is 11.3. The van der Waals surface area contributed by atoms with Gasteiger partial charge in [-0.3, -0.25) is 0 Å². The highest BCUT2D eigenvalue weighted by atomic mass is 35.5. The van der Waals surface area contributed by atoms with Gasteiger partial charge in [-0.15, -0.1) is 0 Å². The van der Waals surface area contributed by atoms with Crippen LogP contribution in [0.4, 0.5) is 0 Å². The largest absolute Gasteiger partial charge is 0.493 e. The molecule has 0 amide bonds. The minimum atomic E-state index is -0.603. The Morgan fingerprint density at radius 3 is 2.76 bits per heavy atom. The first-order chi connectivity index (χ1) is 9.97. The molecule has 112 valence electrons. The molecule has 0 aromatic heterocycles. The summed E-state index contributed by atoms with van der Waals surface area (Å²) in [6, 6.07) is 5.06. The van der Waals surface area contributed by atoms with Crippen LogP contribution >= 0.6 is 11.6 Å². The zero-order valence-electron chi connectivity index (χ0n) is 12.1. The SMILES string of the molecule is COc1cc(/C=C/C(=O)OCC#N)cc(Cl)c1OC(C)C. The summed E-state index contributed by atoms with van der Waals surface area (Å²) < 4.78 is 15.4. The molecule has 0 saturated carbocycles. The zero-order chi connectivity index (χ0) is 15.8. The Bertz CT molecular complexity index is 576. The lowest BCUT2D eigenvalue weighted by Gasteiger charge is -2.15. The van der Waals surface area contributed by atoms with Gasteiger partial charge in [-0.25, -0.2) is 4.79 Å². The van der Waals surface area contributed by atoms with Gasteiger partial charge in [-0.2, -0.15) is 5.26 Å². The molecule has 5 nitrogen and oxygen atoms in total. The molecule has 1 aromatic rings. The highest BCUT2D eigenvalue weighted by molar-refractivity contribution is 6.32. The molecule has 0 aliphatic heterocycles. The lowest BCUT2D eigenvalue weighted by molar-refractivity contribution is -0.136. The molecule has 21 heavy (non-hydrogen) atoms. The number of hydrogen-bond acceptors (Lipinski definition) is 5. The maximum absolute atomic E-state index is 11.3. The van der Waals surface area contributed by atoms with Crippen LogP contribution in [-0.2, 0) is 9.53 Å². The average molecular weight is 310 g/mol. The smallest absolute Gasteiger partial charge is 0.331 e. The number of carbonyl (C=O) groups is 1. The van der Waals surface area contributed by atoms with E-state index in [1.807, 2.05) is 13.8 Å². The monoisotopic (exact) mass is 309 g/mol. The van der Waals surface area contributed by atoms with Gasteiger partial charge < -0.3 is 14.2 Å². The van der Waals surface area contributed by atoms with Crippen molar-refractivity contribution in [2.24, 2.45) is 0 Å². The van der Waals surface area contributed by atoms with E-state index >= 15 is 0 Å². The van der Waals surface area contributed by atoms with Gasteiger partial charge in [0.05, 0.1) is 18.2 Å². The first kappa shape index (κ1) is 16.9. The fourth-order valence-electron chi connectivity index (χ4n) is 1.50. The van der Waals surface area contributed by atoms with E-state index in [9.17, 15) is 4.79 Å². The molecule has 0 heterocycles. The van der Waals surface area contributed by atoms with Crippen LogP contribution in [0.2, 0.25) is 5.02 Å². The van der Waals surface area contributed by atoms with Crippen molar-refractivity contribution in [3.63, 3.8) is 0 Å². The first-order valence-electron chi connectivity index (χ1n) is 6.24. The summed E-state index contributed by atoms with van der Waals surface area (Å²) in [4.78, 5) is 11.3. The fraction of sp³-hybridized carbons (Fsp3) is 0.333. The topological polar surface area (TPSA) is 68.5 Å². The number of rotatable bonds is 6. The molecule has 0 bridgehead atoms. The van der Waals surface area contributed by atoms with Crippen LogP contribution in [-0.4, -0.2) is 25.8 Å². The predicted octanol–water partition coefficient (Wildman–Crippen LogP) is 3.22. The minimum Gasteiger partial charge on any atom is -0.493 e. The van der Waals surface area contributed by atoms with Crippen LogP contribution in [0, 0.1) is 11.3 Å². The number of nitrogens with zero attached hydrogens (tertiary/aromatic N) is 1. The Balaban J connectivity index is 2.96. The van der Waals surface area contributed by atoms with Gasteiger partial charge in [0, 0.05) is 6.08 Å². The van der Waals surface area contributed by atoms with E-state index in [4.69, 9.17) is 26.3 Å². The number of methoxy groups -OCH3 is 1. The molecule has 0 spiro atoms. The molecule has 0 aliphatic rings. The minimum absolute atomic E-state index is 0.0428. The van der Waals surface area contributed by atoms with Crippen molar-refractivity contribution in [1.82, 2.24) is 0 Å². The number of hydrogen-bond donors (Lipinski definition) is 0. The van der Waals surface area contributed by atoms with Gasteiger partial charge in [0.15, 0.2) is 18.1 Å². The standard InChI is InChI=1S/C15H16ClNO4/c1-10(2)21-15-12(16)8-11(9-13(15)19-3)4-5-14(18)20-7-6-17/h4-5,8-10H,7H2,1-3H3/b5-4+. The van der Waals surface area contributed by atoms with Crippen LogP contribution in [0.3, 0.4) is 0 Å². The second kappa shape index (κ2) is 8.18. The number of benzene rings is 1. The summed E-state index contributed by atoms with van der Waals surface area (Å²) in [5.41, 5.74) is 0.655. The summed E-state index contributed by atoms with van der Waals surface area (Å²) in [7, 11) is 1.51. The lowest BCUT2D eigenvalue weighted by atomic mass is 10.2.